The van der Waals surface area contributed by atoms with Crippen LogP contribution in [0.5, 0.6) is 0 Å². The molecular formula is C4H2O2P2S. The van der Waals surface area contributed by atoms with Gasteiger partial charge in [0.2, 0.25) is 0 Å². The molecule has 0 aliphatic carbocycles. The predicted octanol–water partition coefficient (Wildman–Crippen LogP) is 2.28. The molecular weight excluding hydrogens is 174 g/mol. The van der Waals surface area contributed by atoms with Crippen molar-refractivity contribution in [1.82, 2.24) is 0 Å². The summed E-state index contributed by atoms with van der Waals surface area (Å²) in [6.07, 6.45) is 0. The van der Waals surface area contributed by atoms with Crippen molar-refractivity contribution in [2.75, 3.05) is 0 Å². The highest BCUT2D eigenvalue weighted by molar-refractivity contribution is 8.23. The Balaban J connectivity index is 2.28. The fourth-order valence-corrected chi connectivity index (χ4v) is 9.50. The van der Waals surface area contributed by atoms with E-state index in [1.807, 2.05) is 0 Å². The number of thioether (sulfide) groups is 1. The Kier molecular flexibility index (Phi) is 0.633. The van der Waals surface area contributed by atoms with Gasteiger partial charge in [0.25, 0.3) is 0 Å². The van der Waals surface area contributed by atoms with Crippen LogP contribution in [0.1, 0.15) is 0 Å². The second-order valence-corrected chi connectivity index (χ2v) is 7.89. The van der Waals surface area contributed by atoms with E-state index < -0.39 is 7.14 Å². The maximum absolute atomic E-state index is 11.3. The summed E-state index contributed by atoms with van der Waals surface area (Å²) < 4.78 is 22.5. The fraction of sp³-hybridized carbons (Fsp3) is 0.500. The molecule has 9 heavy (non-hydrogen) atoms. The number of allylic oxidation sites excluding steroid dienone is 1. The first kappa shape index (κ1) is 5.12. The van der Waals surface area contributed by atoms with Gasteiger partial charge in [0, 0.05) is 5.31 Å². The third-order valence-corrected chi connectivity index (χ3v) is 8.85. The topological polar surface area (TPSA) is 34.1 Å². The van der Waals surface area contributed by atoms with Crippen LogP contribution in [-0.2, 0) is 9.13 Å². The van der Waals surface area contributed by atoms with Gasteiger partial charge in [-0.3, -0.25) is 4.57 Å². The number of hydrogen-bond acceptors (Lipinski definition) is 3. The number of hydrogen-bond donors (Lipinski definition) is 0. The average Bonchev–Trinajstić information content (AvgIpc) is 2.56. The van der Waals surface area contributed by atoms with Crippen LogP contribution in [0.25, 0.3) is 0 Å². The molecule has 46 valence electrons. The lowest BCUT2D eigenvalue weighted by molar-refractivity contribution is 0.595. The Bertz CT molecular complexity index is 308. The quantitative estimate of drug-likeness (QED) is 0.574. The molecule has 4 aliphatic heterocycles. The number of fused-ring (bicyclic) bond motifs is 1. The Morgan fingerprint density at radius 3 is 2.56 bits per heavy atom. The molecule has 0 N–H and O–H groups in total. The van der Waals surface area contributed by atoms with Gasteiger partial charge in [-0.25, -0.2) is 0 Å². The van der Waals surface area contributed by atoms with E-state index in [-0.39, 0.29) is 8.46 Å². The minimum Gasteiger partial charge on any atom is -0.317 e. The van der Waals surface area contributed by atoms with Gasteiger partial charge in [0.1, 0.15) is 7.14 Å². The fourth-order valence-electron chi connectivity index (χ4n) is 1.45. The zero-order valence-corrected chi connectivity index (χ0v) is 6.88. The summed E-state index contributed by atoms with van der Waals surface area (Å²) >= 11 is 1.57. The van der Waals surface area contributed by atoms with Crippen LogP contribution in [0.15, 0.2) is 9.96 Å². The van der Waals surface area contributed by atoms with E-state index in [4.69, 9.17) is 0 Å². The monoisotopic (exact) mass is 176 g/mol. The van der Waals surface area contributed by atoms with Crippen molar-refractivity contribution in [3.05, 3.63) is 9.96 Å². The molecule has 2 saturated heterocycles. The molecule has 0 aromatic rings. The van der Waals surface area contributed by atoms with Crippen molar-refractivity contribution in [3.8, 4) is 0 Å². The molecule has 0 saturated carbocycles. The van der Waals surface area contributed by atoms with Crippen molar-refractivity contribution in [3.63, 3.8) is 0 Å². The Morgan fingerprint density at radius 1 is 1.67 bits per heavy atom. The van der Waals surface area contributed by atoms with Crippen LogP contribution in [0.4, 0.5) is 0 Å². The first-order chi connectivity index (χ1) is 4.30. The summed E-state index contributed by atoms with van der Waals surface area (Å²) in [5.74, 6) is 0. The lowest BCUT2D eigenvalue weighted by atomic mass is 10.5. The smallest absolute Gasteiger partial charge is 0.199 e. The first-order valence-corrected chi connectivity index (χ1v) is 6.18. The molecule has 2 nitrogen and oxygen atoms in total. The maximum atomic E-state index is 11.3. The summed E-state index contributed by atoms with van der Waals surface area (Å²) in [5.41, 5.74) is 0.416. The summed E-state index contributed by atoms with van der Waals surface area (Å²) in [7, 11) is -1.64. The average molecular weight is 176 g/mol. The minimum atomic E-state index is -1.73. The summed E-state index contributed by atoms with van der Waals surface area (Å²) in [5, 5.41) is 1.06. The van der Waals surface area contributed by atoms with E-state index in [1.165, 1.54) is 0 Å². The molecule has 0 aromatic heterocycles. The molecule has 2 fully saturated rings. The summed E-state index contributed by atoms with van der Waals surface area (Å²) in [4.78, 5) is 0.393. The Hall–Kier alpha value is 0.420. The van der Waals surface area contributed by atoms with Crippen molar-refractivity contribution in [1.29, 1.82) is 0 Å². The van der Waals surface area contributed by atoms with Crippen LogP contribution < -0.4 is 0 Å². The zero-order valence-electron chi connectivity index (χ0n) is 4.27. The third-order valence-electron chi connectivity index (χ3n) is 2.10. The van der Waals surface area contributed by atoms with E-state index in [9.17, 15) is 9.13 Å². The second kappa shape index (κ2) is 1.11. The maximum Gasteiger partial charge on any atom is 0.199 e. The molecule has 4 heterocycles. The molecule has 0 spiro atoms. The molecule has 0 amide bonds. The second-order valence-electron chi connectivity index (χ2n) is 2.44. The lowest BCUT2D eigenvalue weighted by Crippen LogP contribution is -1.76. The minimum absolute atomic E-state index is 0.0886. The molecule has 3 unspecified atom stereocenters. The van der Waals surface area contributed by atoms with Gasteiger partial charge in [0.05, 0.1) is 15.3 Å². The molecule has 4 rings (SSSR count). The van der Waals surface area contributed by atoms with E-state index in [1.54, 1.807) is 11.8 Å². The van der Waals surface area contributed by atoms with Crippen LogP contribution in [-0.4, -0.2) is 10.7 Å². The largest absolute Gasteiger partial charge is 0.317 e. The van der Waals surface area contributed by atoms with Gasteiger partial charge < -0.3 is 4.57 Å². The van der Waals surface area contributed by atoms with E-state index >= 15 is 0 Å². The normalized spacial score (nSPS) is 58.2. The van der Waals surface area contributed by atoms with E-state index in [0.717, 1.165) is 9.96 Å². The van der Waals surface area contributed by atoms with Gasteiger partial charge in [-0.1, -0.05) is 0 Å². The van der Waals surface area contributed by atoms with Crippen molar-refractivity contribution < 1.29 is 9.13 Å². The zero-order chi connectivity index (χ0) is 6.22. The van der Waals surface area contributed by atoms with Crippen LogP contribution >= 0.6 is 27.4 Å². The SMILES string of the molecule is O=PC1=C2C3C(S1)P23=O. The van der Waals surface area contributed by atoms with Gasteiger partial charge in [-0.05, 0) is 0 Å². The molecule has 0 aromatic carbocycles. The van der Waals surface area contributed by atoms with Crippen LogP contribution in [0.3, 0.4) is 0 Å². The Morgan fingerprint density at radius 2 is 2.33 bits per heavy atom. The molecule has 3 atom stereocenters. The van der Waals surface area contributed by atoms with Gasteiger partial charge in [-0.15, -0.1) is 11.8 Å². The molecule has 4 aliphatic rings. The predicted molar refractivity (Wildman–Crippen MR) is 37.4 cm³/mol. The highest BCUT2D eigenvalue weighted by Gasteiger charge is 2.87. The van der Waals surface area contributed by atoms with Gasteiger partial charge in [0.15, 0.2) is 8.46 Å². The van der Waals surface area contributed by atoms with Gasteiger partial charge >= 0.3 is 0 Å². The lowest BCUT2D eigenvalue weighted by Gasteiger charge is -1.80. The van der Waals surface area contributed by atoms with Crippen LogP contribution in [0.2, 0.25) is 0 Å². The first-order valence-electron chi connectivity index (χ1n) is 2.64. The molecule has 5 heteroatoms. The third kappa shape index (κ3) is 0.330. The van der Waals surface area contributed by atoms with E-state index in [0.29, 0.717) is 10.7 Å². The van der Waals surface area contributed by atoms with Crippen molar-refractivity contribution in [2.24, 2.45) is 0 Å². The highest BCUT2D eigenvalue weighted by Crippen LogP contribution is 3.07. The van der Waals surface area contributed by atoms with Gasteiger partial charge in [-0.2, -0.15) is 0 Å². The van der Waals surface area contributed by atoms with Crippen LogP contribution in [0, 0.1) is 0 Å². The number of rotatable bonds is 1. The van der Waals surface area contributed by atoms with Crippen molar-refractivity contribution in [2.45, 2.75) is 10.7 Å². The molecule has 0 radical (unpaired) electrons. The summed E-state index contributed by atoms with van der Waals surface area (Å²) in [6, 6.07) is 0. The standard InChI is InChI=1S/C4H2O2P2S/c5-7-3-1-2-4(9-3)8(1,2)6/h2,4H. The summed E-state index contributed by atoms with van der Waals surface area (Å²) in [6.45, 7) is 0. The Labute approximate surface area is 57.7 Å². The highest BCUT2D eigenvalue weighted by atomic mass is 32.2. The van der Waals surface area contributed by atoms with E-state index in [2.05, 4.69) is 0 Å². The molecule has 2 bridgehead atoms. The van der Waals surface area contributed by atoms with Crippen molar-refractivity contribution >= 4 is 27.4 Å².